The molecule has 1 aromatic carbocycles. The van der Waals surface area contributed by atoms with E-state index >= 15 is 0 Å². The zero-order valence-electron chi connectivity index (χ0n) is 9.12. The molecular formula is C12H16BrNO2. The minimum Gasteiger partial charge on any atom is -0.492 e. The summed E-state index contributed by atoms with van der Waals surface area (Å²) in [5.41, 5.74) is 1.14. The van der Waals surface area contributed by atoms with Crippen molar-refractivity contribution in [3.05, 3.63) is 28.2 Å². The molecule has 0 atom stereocenters. The highest BCUT2D eigenvalue weighted by atomic mass is 79.9. The van der Waals surface area contributed by atoms with Crippen LogP contribution in [0.5, 0.6) is 5.75 Å². The largest absolute Gasteiger partial charge is 0.492 e. The molecule has 2 rings (SSSR count). The molecule has 2 N–H and O–H groups in total. The van der Waals surface area contributed by atoms with Gasteiger partial charge >= 0.3 is 0 Å². The first-order valence-electron chi connectivity index (χ1n) is 5.53. The number of rotatable bonds is 6. The van der Waals surface area contributed by atoms with Gasteiger partial charge in [-0.05, 0) is 46.3 Å². The Kier molecular flexibility index (Phi) is 4.21. The van der Waals surface area contributed by atoms with Crippen LogP contribution in [0.25, 0.3) is 0 Å². The highest BCUT2D eigenvalue weighted by molar-refractivity contribution is 9.10. The normalized spacial score (nSPS) is 15.1. The summed E-state index contributed by atoms with van der Waals surface area (Å²) in [6, 6.07) is 6.04. The van der Waals surface area contributed by atoms with E-state index in [-0.39, 0.29) is 0 Å². The molecule has 0 spiro atoms. The summed E-state index contributed by atoms with van der Waals surface area (Å²) in [5, 5.41) is 0. The number of ether oxygens (including phenoxy) is 1. The zero-order valence-corrected chi connectivity index (χ0v) is 10.7. The molecule has 1 aliphatic carbocycles. The van der Waals surface area contributed by atoms with Gasteiger partial charge in [-0.2, -0.15) is 0 Å². The van der Waals surface area contributed by atoms with Crippen LogP contribution in [-0.4, -0.2) is 13.2 Å². The molecule has 0 saturated heterocycles. The summed E-state index contributed by atoms with van der Waals surface area (Å²) < 4.78 is 6.85. The molecule has 4 heteroatoms. The van der Waals surface area contributed by atoms with Gasteiger partial charge in [-0.3, -0.25) is 0 Å². The van der Waals surface area contributed by atoms with Crippen LogP contribution in [-0.2, 0) is 11.3 Å². The third-order valence-electron chi connectivity index (χ3n) is 2.70. The van der Waals surface area contributed by atoms with Crippen LogP contribution in [0.1, 0.15) is 18.4 Å². The van der Waals surface area contributed by atoms with Gasteiger partial charge in [-0.25, -0.2) is 5.90 Å². The van der Waals surface area contributed by atoms with Crippen molar-refractivity contribution in [3.8, 4) is 5.75 Å². The second-order valence-corrected chi connectivity index (χ2v) is 4.96. The third-order valence-corrected chi connectivity index (χ3v) is 3.32. The third kappa shape index (κ3) is 3.20. The molecule has 0 aromatic heterocycles. The lowest BCUT2D eigenvalue weighted by Gasteiger charge is -2.12. The first-order valence-corrected chi connectivity index (χ1v) is 6.32. The fraction of sp³-hybridized carbons (Fsp3) is 0.500. The fourth-order valence-corrected chi connectivity index (χ4v) is 2.09. The molecule has 0 bridgehead atoms. The lowest BCUT2D eigenvalue weighted by molar-refractivity contribution is 0.140. The van der Waals surface area contributed by atoms with Crippen molar-refractivity contribution in [1.82, 2.24) is 0 Å². The SMILES string of the molecule is NOCCc1cccc(Br)c1OCC1CC1. The average Bonchev–Trinajstić information content (AvgIpc) is 3.09. The number of hydrogen-bond donors (Lipinski definition) is 1. The molecule has 1 aliphatic rings. The van der Waals surface area contributed by atoms with Gasteiger partial charge in [0.05, 0.1) is 17.7 Å². The van der Waals surface area contributed by atoms with Crippen molar-refractivity contribution in [3.63, 3.8) is 0 Å². The highest BCUT2D eigenvalue weighted by Crippen LogP contribution is 2.33. The quantitative estimate of drug-likeness (QED) is 0.818. The van der Waals surface area contributed by atoms with Crippen LogP contribution < -0.4 is 10.6 Å². The summed E-state index contributed by atoms with van der Waals surface area (Å²) in [5.74, 6) is 6.74. The first-order chi connectivity index (χ1) is 7.81. The van der Waals surface area contributed by atoms with Crippen molar-refractivity contribution in [2.75, 3.05) is 13.2 Å². The van der Waals surface area contributed by atoms with E-state index in [1.807, 2.05) is 18.2 Å². The molecule has 1 saturated carbocycles. The number of halogens is 1. The fourth-order valence-electron chi connectivity index (χ4n) is 1.57. The van der Waals surface area contributed by atoms with Crippen LogP contribution in [0.2, 0.25) is 0 Å². The standard InChI is InChI=1S/C12H16BrNO2/c13-11-3-1-2-10(6-7-16-14)12(11)15-8-9-4-5-9/h1-3,9H,4-8,14H2. The molecule has 0 radical (unpaired) electrons. The lowest BCUT2D eigenvalue weighted by atomic mass is 10.1. The molecule has 1 aromatic rings. The Morgan fingerprint density at radius 3 is 2.88 bits per heavy atom. The van der Waals surface area contributed by atoms with Crippen molar-refractivity contribution in [2.24, 2.45) is 11.8 Å². The summed E-state index contributed by atoms with van der Waals surface area (Å²) in [7, 11) is 0. The minimum absolute atomic E-state index is 0.510. The van der Waals surface area contributed by atoms with Crippen LogP contribution in [0.3, 0.4) is 0 Å². The number of hydrogen-bond acceptors (Lipinski definition) is 3. The van der Waals surface area contributed by atoms with Crippen LogP contribution in [0.4, 0.5) is 0 Å². The maximum atomic E-state index is 5.85. The molecule has 1 fully saturated rings. The Balaban J connectivity index is 2.04. The van der Waals surface area contributed by atoms with E-state index in [0.717, 1.165) is 34.7 Å². The van der Waals surface area contributed by atoms with Crippen LogP contribution in [0, 0.1) is 5.92 Å². The van der Waals surface area contributed by atoms with Gasteiger partial charge in [-0.1, -0.05) is 12.1 Å². The van der Waals surface area contributed by atoms with E-state index in [2.05, 4.69) is 20.8 Å². The topological polar surface area (TPSA) is 44.5 Å². The summed E-state index contributed by atoms with van der Waals surface area (Å²) >= 11 is 3.51. The van der Waals surface area contributed by atoms with Crippen LogP contribution >= 0.6 is 15.9 Å². The Morgan fingerprint density at radius 1 is 1.38 bits per heavy atom. The first kappa shape index (κ1) is 11.9. The minimum atomic E-state index is 0.510. The van der Waals surface area contributed by atoms with E-state index in [1.54, 1.807) is 0 Å². The molecule has 0 aliphatic heterocycles. The predicted molar refractivity (Wildman–Crippen MR) is 66.2 cm³/mol. The Bertz CT molecular complexity index is 353. The van der Waals surface area contributed by atoms with Gasteiger partial charge in [0, 0.05) is 6.42 Å². The predicted octanol–water partition coefficient (Wildman–Crippen LogP) is 2.67. The molecule has 0 heterocycles. The van der Waals surface area contributed by atoms with Crippen molar-refractivity contribution in [1.29, 1.82) is 0 Å². The van der Waals surface area contributed by atoms with Crippen molar-refractivity contribution < 1.29 is 9.57 Å². The molecule has 88 valence electrons. The Hall–Kier alpha value is -0.580. The Labute approximate surface area is 104 Å². The Morgan fingerprint density at radius 2 is 2.19 bits per heavy atom. The van der Waals surface area contributed by atoms with Gasteiger partial charge < -0.3 is 9.57 Å². The van der Waals surface area contributed by atoms with Gasteiger partial charge in [0.1, 0.15) is 5.75 Å². The van der Waals surface area contributed by atoms with E-state index in [1.165, 1.54) is 12.8 Å². The average molecular weight is 286 g/mol. The van der Waals surface area contributed by atoms with Crippen molar-refractivity contribution in [2.45, 2.75) is 19.3 Å². The molecule has 16 heavy (non-hydrogen) atoms. The van der Waals surface area contributed by atoms with Gasteiger partial charge in [0.15, 0.2) is 0 Å². The zero-order chi connectivity index (χ0) is 11.4. The summed E-state index contributed by atoms with van der Waals surface area (Å²) in [4.78, 5) is 4.61. The van der Waals surface area contributed by atoms with E-state index in [4.69, 9.17) is 10.6 Å². The lowest BCUT2D eigenvalue weighted by Crippen LogP contribution is -2.07. The number of benzene rings is 1. The summed E-state index contributed by atoms with van der Waals surface area (Å²) in [6.45, 7) is 1.33. The molecule has 0 unspecified atom stereocenters. The molecule has 3 nitrogen and oxygen atoms in total. The van der Waals surface area contributed by atoms with Crippen molar-refractivity contribution >= 4 is 15.9 Å². The van der Waals surface area contributed by atoms with Gasteiger partial charge in [0.2, 0.25) is 0 Å². The smallest absolute Gasteiger partial charge is 0.136 e. The second kappa shape index (κ2) is 5.66. The highest BCUT2D eigenvalue weighted by Gasteiger charge is 2.22. The van der Waals surface area contributed by atoms with E-state index in [9.17, 15) is 0 Å². The van der Waals surface area contributed by atoms with E-state index in [0.29, 0.717) is 6.61 Å². The monoisotopic (exact) mass is 285 g/mol. The number of nitrogens with two attached hydrogens (primary N) is 1. The molecule has 0 amide bonds. The molecular weight excluding hydrogens is 270 g/mol. The second-order valence-electron chi connectivity index (χ2n) is 4.10. The summed E-state index contributed by atoms with van der Waals surface area (Å²) in [6.07, 6.45) is 3.37. The van der Waals surface area contributed by atoms with E-state index < -0.39 is 0 Å². The van der Waals surface area contributed by atoms with Gasteiger partial charge in [0.25, 0.3) is 0 Å². The maximum absolute atomic E-state index is 5.85. The number of para-hydroxylation sites is 1. The van der Waals surface area contributed by atoms with Crippen LogP contribution in [0.15, 0.2) is 22.7 Å². The van der Waals surface area contributed by atoms with Gasteiger partial charge in [-0.15, -0.1) is 0 Å². The maximum Gasteiger partial charge on any atom is 0.136 e.